The number of carbonyl (C=O) groups excluding carboxylic acids is 3. The van der Waals surface area contributed by atoms with Crippen LogP contribution in [0.15, 0.2) is 6.07 Å². The number of carboxylic acid groups (broad SMARTS) is 1. The molecule has 2 fully saturated rings. The van der Waals surface area contributed by atoms with Crippen LogP contribution in [0.2, 0.25) is 0 Å². The van der Waals surface area contributed by atoms with E-state index in [1.54, 1.807) is 11.0 Å². The average Bonchev–Trinajstić information content (AvgIpc) is 3.39. The smallest absolute Gasteiger partial charge is 0.407 e. The fourth-order valence-electron chi connectivity index (χ4n) is 5.74. The maximum atomic E-state index is 14.2. The van der Waals surface area contributed by atoms with E-state index in [9.17, 15) is 24.3 Å². The summed E-state index contributed by atoms with van der Waals surface area (Å²) in [6.07, 6.45) is 5.31. The molecule has 2 atom stereocenters. The first-order valence-electron chi connectivity index (χ1n) is 15.5. The molecule has 10 heteroatoms. The maximum absolute atomic E-state index is 14.2. The molecule has 2 aliphatic carbocycles. The molecule has 9 nitrogen and oxygen atoms in total. The van der Waals surface area contributed by atoms with Crippen LogP contribution in [0.5, 0.6) is 0 Å². The lowest BCUT2D eigenvalue weighted by atomic mass is 9.81. The Morgan fingerprint density at radius 1 is 1.09 bits per heavy atom. The number of amides is 2. The van der Waals surface area contributed by atoms with Crippen molar-refractivity contribution >= 4 is 41.0 Å². The van der Waals surface area contributed by atoms with E-state index in [-0.39, 0.29) is 40.2 Å². The van der Waals surface area contributed by atoms with Gasteiger partial charge in [-0.1, -0.05) is 39.0 Å². The molecule has 1 heterocycles. The molecule has 0 radical (unpaired) electrons. The number of nitrogens with zero attached hydrogens (tertiary/aromatic N) is 1. The Balaban J connectivity index is 1.85. The Morgan fingerprint density at radius 3 is 2.26 bits per heavy atom. The van der Waals surface area contributed by atoms with Crippen molar-refractivity contribution in [3.05, 3.63) is 15.8 Å². The van der Waals surface area contributed by atoms with E-state index < -0.39 is 24.1 Å². The summed E-state index contributed by atoms with van der Waals surface area (Å²) >= 11 is 1.11. The van der Waals surface area contributed by atoms with Gasteiger partial charge in [-0.2, -0.15) is 0 Å². The number of aromatic carboxylic acids is 1. The summed E-state index contributed by atoms with van der Waals surface area (Å²) in [6.45, 7) is 12.0. The van der Waals surface area contributed by atoms with Crippen molar-refractivity contribution in [1.29, 1.82) is 0 Å². The van der Waals surface area contributed by atoms with Crippen LogP contribution < -0.4 is 10.2 Å². The predicted molar refractivity (Wildman–Crippen MR) is 167 cm³/mol. The van der Waals surface area contributed by atoms with Gasteiger partial charge >= 0.3 is 18.0 Å². The number of anilines is 1. The fourth-order valence-corrected chi connectivity index (χ4v) is 6.58. The van der Waals surface area contributed by atoms with Gasteiger partial charge < -0.3 is 24.8 Å². The number of methoxy groups -OCH3 is 1. The molecule has 0 bridgehead atoms. The summed E-state index contributed by atoms with van der Waals surface area (Å²) < 4.78 is 10.5. The van der Waals surface area contributed by atoms with Crippen molar-refractivity contribution < 1.29 is 33.8 Å². The van der Waals surface area contributed by atoms with Gasteiger partial charge in [-0.3, -0.25) is 4.79 Å². The van der Waals surface area contributed by atoms with Crippen LogP contribution in [0, 0.1) is 35.0 Å². The maximum Gasteiger partial charge on any atom is 0.407 e. The molecule has 1 aromatic heterocycles. The molecule has 0 unspecified atom stereocenters. The van der Waals surface area contributed by atoms with Gasteiger partial charge in [0, 0.05) is 17.4 Å². The topological polar surface area (TPSA) is 122 Å². The molecule has 0 aromatic carbocycles. The van der Waals surface area contributed by atoms with E-state index >= 15 is 0 Å². The van der Waals surface area contributed by atoms with Gasteiger partial charge in [0.15, 0.2) is 0 Å². The lowest BCUT2D eigenvalue weighted by Crippen LogP contribution is -2.49. The number of esters is 1. The van der Waals surface area contributed by atoms with Gasteiger partial charge in [0.05, 0.1) is 17.7 Å². The van der Waals surface area contributed by atoms with Crippen LogP contribution in [0.3, 0.4) is 0 Å². The zero-order valence-corrected chi connectivity index (χ0v) is 27.5. The summed E-state index contributed by atoms with van der Waals surface area (Å²) in [7, 11) is 1.25. The first kappa shape index (κ1) is 34.4. The highest BCUT2D eigenvalue weighted by molar-refractivity contribution is 7.15. The van der Waals surface area contributed by atoms with Gasteiger partial charge in [-0.25, -0.2) is 14.4 Å². The Morgan fingerprint density at radius 2 is 1.72 bits per heavy atom. The number of hydrogen-bond acceptors (Lipinski definition) is 7. The van der Waals surface area contributed by atoms with Crippen molar-refractivity contribution in [3.8, 4) is 11.8 Å². The molecule has 0 spiro atoms. The molecule has 238 valence electrons. The second kappa shape index (κ2) is 15.1. The minimum absolute atomic E-state index is 0.0258. The number of hydrogen-bond donors (Lipinski definition) is 2. The molecule has 2 N–H and O–H groups in total. The Bertz CT molecular complexity index is 1210. The predicted octanol–water partition coefficient (Wildman–Crippen LogP) is 6.63. The lowest BCUT2D eigenvalue weighted by molar-refractivity contribution is -0.154. The molecule has 43 heavy (non-hydrogen) atoms. The van der Waals surface area contributed by atoms with Crippen LogP contribution in [0.1, 0.15) is 114 Å². The molecule has 3 rings (SSSR count). The van der Waals surface area contributed by atoms with Crippen LogP contribution >= 0.6 is 11.3 Å². The molecular weight excluding hydrogens is 568 g/mol. The van der Waals surface area contributed by atoms with Crippen molar-refractivity contribution in [2.24, 2.45) is 23.2 Å². The third-order valence-electron chi connectivity index (χ3n) is 8.55. The van der Waals surface area contributed by atoms with Crippen molar-refractivity contribution in [1.82, 2.24) is 5.32 Å². The molecule has 2 amide bonds. The molecule has 2 saturated carbocycles. The zero-order valence-electron chi connectivity index (χ0n) is 26.7. The van der Waals surface area contributed by atoms with Crippen molar-refractivity contribution in [2.75, 3.05) is 12.0 Å². The van der Waals surface area contributed by atoms with Gasteiger partial charge in [0.25, 0.3) is 0 Å². The summed E-state index contributed by atoms with van der Waals surface area (Å²) in [4.78, 5) is 53.9. The minimum Gasteiger partial charge on any atom is -0.477 e. The second-order valence-electron chi connectivity index (χ2n) is 13.2. The number of nitrogens with one attached hydrogen (secondary N) is 1. The molecule has 0 aliphatic heterocycles. The molecular formula is C33H48N2O7S. The van der Waals surface area contributed by atoms with Gasteiger partial charge in [-0.05, 0) is 90.0 Å². The molecule has 1 aromatic rings. The van der Waals surface area contributed by atoms with E-state index in [2.05, 4.69) is 24.1 Å². The first-order valence-corrected chi connectivity index (χ1v) is 16.3. The lowest BCUT2D eigenvalue weighted by Gasteiger charge is -2.39. The fraction of sp³-hybridized carbons (Fsp3) is 0.697. The van der Waals surface area contributed by atoms with E-state index in [1.807, 2.05) is 34.6 Å². The normalized spacial score (nSPS) is 23.6. The first-order chi connectivity index (χ1) is 20.2. The Hall–Kier alpha value is -3.06. The minimum atomic E-state index is -1.07. The van der Waals surface area contributed by atoms with E-state index in [1.165, 1.54) is 7.11 Å². The van der Waals surface area contributed by atoms with Crippen LogP contribution in [0.25, 0.3) is 0 Å². The van der Waals surface area contributed by atoms with Crippen LogP contribution in [0.4, 0.5) is 10.5 Å². The molecule has 0 saturated heterocycles. The highest BCUT2D eigenvalue weighted by atomic mass is 32.1. The second-order valence-corrected chi connectivity index (χ2v) is 14.2. The number of ether oxygens (including phenoxy) is 2. The van der Waals surface area contributed by atoms with Crippen molar-refractivity contribution in [2.45, 2.75) is 118 Å². The number of thiophene rings is 1. The highest BCUT2D eigenvalue weighted by Crippen LogP contribution is 2.39. The Labute approximate surface area is 260 Å². The van der Waals surface area contributed by atoms with Gasteiger partial charge in [0.2, 0.25) is 5.91 Å². The van der Waals surface area contributed by atoms with Gasteiger partial charge in [0.1, 0.15) is 17.0 Å². The summed E-state index contributed by atoms with van der Waals surface area (Å²) in [5.41, 5.74) is 0.164. The third-order valence-corrected chi connectivity index (χ3v) is 9.57. The number of rotatable bonds is 9. The van der Waals surface area contributed by atoms with Gasteiger partial charge in [-0.15, -0.1) is 11.3 Å². The average molecular weight is 617 g/mol. The standard InChI is InChI=1S/C33H48N2O7S/c1-8-21(3)27(34-32(40)41-7)31(39)42-24-15-13-23(14-16-24)35(29(36)22-11-9-20(2)10-12-22)26-19-25(17-18-33(4,5)6)43-28(26)30(37)38/h19-24,27H,8-16H2,1-7H3,(H,34,40)(H,37,38)/t20?,21-,22?,23?,24?,27-/m1/s1. The van der Waals surface area contributed by atoms with Crippen molar-refractivity contribution in [3.63, 3.8) is 0 Å². The quantitative estimate of drug-likeness (QED) is 0.236. The molecule has 2 aliphatic rings. The number of carbonyl (C=O) groups is 4. The Kier molecular flexibility index (Phi) is 12.1. The summed E-state index contributed by atoms with van der Waals surface area (Å²) in [6, 6.07) is 0.715. The third kappa shape index (κ3) is 9.46. The summed E-state index contributed by atoms with van der Waals surface area (Å²) in [5, 5.41) is 12.7. The summed E-state index contributed by atoms with van der Waals surface area (Å²) in [5.74, 6) is 4.98. The zero-order chi connectivity index (χ0) is 31.9. The van der Waals surface area contributed by atoms with E-state index in [4.69, 9.17) is 9.47 Å². The monoisotopic (exact) mass is 616 g/mol. The number of alkyl carbamates (subject to hydrolysis) is 1. The van der Waals surface area contributed by atoms with E-state index in [0.717, 1.165) is 37.0 Å². The number of carboxylic acids is 1. The highest BCUT2D eigenvalue weighted by Gasteiger charge is 2.39. The SMILES string of the molecule is CC[C@@H](C)[C@@H](NC(=O)OC)C(=O)OC1CCC(N(C(=O)C2CCC(C)CC2)c2cc(C#CC(C)(C)C)sc2C(=O)O)CC1. The van der Waals surface area contributed by atoms with Crippen LogP contribution in [-0.4, -0.2) is 54.3 Å². The largest absolute Gasteiger partial charge is 0.477 e. The van der Waals surface area contributed by atoms with E-state index in [0.29, 0.717) is 48.6 Å². The van der Waals surface area contributed by atoms with Crippen LogP contribution in [-0.2, 0) is 19.1 Å².